The number of carbonyl (C=O) groups excluding carboxylic acids is 2. The average molecular weight is 377 g/mol. The van der Waals surface area contributed by atoms with Crippen LogP contribution in [0.25, 0.3) is 0 Å². The summed E-state index contributed by atoms with van der Waals surface area (Å²) < 4.78 is 5.86. The zero-order valence-electron chi connectivity index (χ0n) is 15.6. The third-order valence-corrected chi connectivity index (χ3v) is 4.87. The Hall–Kier alpha value is -3.20. The number of carbonyl (C=O) groups is 2. The van der Waals surface area contributed by atoms with Crippen LogP contribution in [-0.4, -0.2) is 28.8 Å². The molecule has 1 fully saturated rings. The molecule has 0 unspecified atom stereocenters. The Labute approximate surface area is 164 Å². The van der Waals surface area contributed by atoms with Gasteiger partial charge in [-0.15, -0.1) is 0 Å². The number of ether oxygens (including phenoxy) is 1. The van der Waals surface area contributed by atoms with Gasteiger partial charge in [-0.05, 0) is 31.7 Å². The number of hydrogen-bond donors (Lipinski definition) is 1. The van der Waals surface area contributed by atoms with Gasteiger partial charge < -0.3 is 10.1 Å². The third kappa shape index (κ3) is 5.65. The molecule has 0 saturated heterocycles. The topological polar surface area (TPSA) is 92.1 Å². The predicted molar refractivity (Wildman–Crippen MR) is 104 cm³/mol. The second kappa shape index (κ2) is 9.65. The lowest BCUT2D eigenvalue weighted by molar-refractivity contribution is -0.122. The Morgan fingerprint density at radius 3 is 2.46 bits per heavy atom. The number of benzene rings is 1. The molecule has 1 amide bonds. The maximum absolute atomic E-state index is 12.1. The van der Waals surface area contributed by atoms with E-state index in [1.807, 2.05) is 24.3 Å². The van der Waals surface area contributed by atoms with Crippen LogP contribution in [0.1, 0.15) is 54.4 Å². The van der Waals surface area contributed by atoms with Gasteiger partial charge in [-0.3, -0.25) is 9.59 Å². The molecule has 1 saturated carbocycles. The molecule has 6 heteroatoms. The highest BCUT2D eigenvalue weighted by atomic mass is 16.5. The zero-order chi connectivity index (χ0) is 19.8. The molecular weight excluding hydrogens is 354 g/mol. The molecular formula is C22H23N3O3. The van der Waals surface area contributed by atoms with Crippen molar-refractivity contribution in [2.24, 2.45) is 0 Å². The van der Waals surface area contributed by atoms with E-state index in [1.54, 1.807) is 24.3 Å². The van der Waals surface area contributed by atoms with Crippen LogP contribution in [0.3, 0.4) is 0 Å². The van der Waals surface area contributed by atoms with Crippen molar-refractivity contribution in [2.75, 3.05) is 0 Å². The van der Waals surface area contributed by atoms with Crippen molar-refractivity contribution in [1.82, 2.24) is 10.3 Å². The minimum absolute atomic E-state index is 0.0113. The van der Waals surface area contributed by atoms with E-state index in [0.29, 0.717) is 17.0 Å². The molecule has 1 aromatic heterocycles. The molecule has 1 heterocycles. The van der Waals surface area contributed by atoms with Crippen molar-refractivity contribution in [3.8, 4) is 11.9 Å². The van der Waals surface area contributed by atoms with Crippen molar-refractivity contribution in [1.29, 1.82) is 5.26 Å². The number of hydrogen-bond acceptors (Lipinski definition) is 5. The minimum Gasteiger partial charge on any atom is -0.474 e. The van der Waals surface area contributed by atoms with E-state index in [1.165, 1.54) is 6.20 Å². The molecule has 1 aliphatic rings. The van der Waals surface area contributed by atoms with Gasteiger partial charge in [0.25, 0.3) is 0 Å². The maximum Gasteiger partial charge on any atom is 0.220 e. The Morgan fingerprint density at radius 1 is 1.07 bits per heavy atom. The fourth-order valence-corrected chi connectivity index (χ4v) is 3.31. The van der Waals surface area contributed by atoms with Gasteiger partial charge in [-0.2, -0.15) is 5.26 Å². The van der Waals surface area contributed by atoms with Crippen LogP contribution in [0.4, 0.5) is 0 Å². The van der Waals surface area contributed by atoms with Gasteiger partial charge in [0.1, 0.15) is 12.2 Å². The van der Waals surface area contributed by atoms with E-state index < -0.39 is 0 Å². The molecule has 2 aromatic rings. The number of aromatic nitrogens is 1. The molecule has 28 heavy (non-hydrogen) atoms. The first-order valence-corrected chi connectivity index (χ1v) is 9.54. The van der Waals surface area contributed by atoms with Crippen LogP contribution in [0.5, 0.6) is 5.88 Å². The first-order chi connectivity index (χ1) is 13.6. The largest absolute Gasteiger partial charge is 0.474 e. The number of rotatable bonds is 7. The van der Waals surface area contributed by atoms with Crippen molar-refractivity contribution in [3.63, 3.8) is 0 Å². The highest BCUT2D eigenvalue weighted by Gasteiger charge is 2.24. The Bertz CT molecular complexity index is 836. The lowest BCUT2D eigenvalue weighted by atomic mass is 9.92. The van der Waals surface area contributed by atoms with Gasteiger partial charge in [-0.25, -0.2) is 4.98 Å². The van der Waals surface area contributed by atoms with Crippen LogP contribution in [-0.2, 0) is 4.79 Å². The summed E-state index contributed by atoms with van der Waals surface area (Å²) in [6.07, 6.45) is 5.31. The van der Waals surface area contributed by atoms with Crippen LogP contribution in [0.15, 0.2) is 48.7 Å². The molecule has 6 nitrogen and oxygen atoms in total. The molecule has 1 aliphatic carbocycles. The smallest absolute Gasteiger partial charge is 0.220 e. The second-order valence-corrected chi connectivity index (χ2v) is 6.95. The molecule has 0 radical (unpaired) electrons. The van der Waals surface area contributed by atoms with Gasteiger partial charge in [0.05, 0.1) is 5.56 Å². The summed E-state index contributed by atoms with van der Waals surface area (Å²) in [5.74, 6) is 0.427. The highest BCUT2D eigenvalue weighted by Crippen LogP contribution is 2.23. The van der Waals surface area contributed by atoms with Crippen molar-refractivity contribution >= 4 is 11.7 Å². The van der Waals surface area contributed by atoms with Gasteiger partial charge in [0.15, 0.2) is 5.78 Å². The summed E-state index contributed by atoms with van der Waals surface area (Å²) >= 11 is 0. The summed E-state index contributed by atoms with van der Waals surface area (Å²) in [6, 6.07) is 14.6. The quantitative estimate of drug-likeness (QED) is 0.747. The Morgan fingerprint density at radius 2 is 1.82 bits per heavy atom. The molecule has 0 aliphatic heterocycles. The van der Waals surface area contributed by atoms with Crippen molar-refractivity contribution < 1.29 is 14.3 Å². The molecule has 0 atom stereocenters. The average Bonchev–Trinajstić information content (AvgIpc) is 2.74. The summed E-state index contributed by atoms with van der Waals surface area (Å²) in [7, 11) is 0. The van der Waals surface area contributed by atoms with E-state index in [0.717, 1.165) is 25.7 Å². The SMILES string of the molecule is N#Cc1ccc(OC2CCC(NC(=O)CCC(=O)c3ccccc3)CC2)nc1. The van der Waals surface area contributed by atoms with Gasteiger partial charge in [0.2, 0.25) is 11.8 Å². The molecule has 1 aromatic carbocycles. The molecule has 144 valence electrons. The highest BCUT2D eigenvalue weighted by molar-refractivity contribution is 5.97. The third-order valence-electron chi connectivity index (χ3n) is 4.87. The lowest BCUT2D eigenvalue weighted by Crippen LogP contribution is -2.39. The zero-order valence-corrected chi connectivity index (χ0v) is 15.6. The standard InChI is InChI=1S/C22H23N3O3/c23-14-16-6-13-22(24-15-16)28-19-9-7-18(8-10-19)25-21(27)12-11-20(26)17-4-2-1-3-5-17/h1-6,13,15,18-19H,7-12H2,(H,25,27). The van der Waals surface area contributed by atoms with Crippen molar-refractivity contribution in [2.45, 2.75) is 50.7 Å². The summed E-state index contributed by atoms with van der Waals surface area (Å²) in [5.41, 5.74) is 1.15. The van der Waals surface area contributed by atoms with E-state index in [2.05, 4.69) is 10.3 Å². The first kappa shape index (κ1) is 19.6. The predicted octanol–water partition coefficient (Wildman–Crippen LogP) is 3.42. The molecule has 0 bridgehead atoms. The number of amides is 1. The van der Waals surface area contributed by atoms with E-state index in [4.69, 9.17) is 10.00 Å². The van der Waals surface area contributed by atoms with Gasteiger partial charge in [0, 0.05) is 36.7 Å². The van der Waals surface area contributed by atoms with E-state index in [-0.39, 0.29) is 36.7 Å². The number of nitrogens with zero attached hydrogens (tertiary/aromatic N) is 2. The fourth-order valence-electron chi connectivity index (χ4n) is 3.31. The lowest BCUT2D eigenvalue weighted by Gasteiger charge is -2.29. The summed E-state index contributed by atoms with van der Waals surface area (Å²) in [5, 5.41) is 11.8. The number of ketones is 1. The van der Waals surface area contributed by atoms with Gasteiger partial charge >= 0.3 is 0 Å². The number of nitrogens with one attached hydrogen (secondary N) is 1. The normalized spacial score (nSPS) is 18.7. The number of nitriles is 1. The molecule has 1 N–H and O–H groups in total. The number of pyridine rings is 1. The van der Waals surface area contributed by atoms with Crippen LogP contribution < -0.4 is 10.1 Å². The van der Waals surface area contributed by atoms with E-state index in [9.17, 15) is 9.59 Å². The summed E-state index contributed by atoms with van der Waals surface area (Å²) in [6.45, 7) is 0. The fraction of sp³-hybridized carbons (Fsp3) is 0.364. The second-order valence-electron chi connectivity index (χ2n) is 6.95. The Balaban J connectivity index is 1.37. The maximum atomic E-state index is 12.1. The van der Waals surface area contributed by atoms with Crippen LogP contribution in [0.2, 0.25) is 0 Å². The van der Waals surface area contributed by atoms with Crippen LogP contribution in [0, 0.1) is 11.3 Å². The van der Waals surface area contributed by atoms with Crippen molar-refractivity contribution in [3.05, 3.63) is 59.8 Å². The Kier molecular flexibility index (Phi) is 6.74. The monoisotopic (exact) mass is 377 g/mol. The van der Waals surface area contributed by atoms with Gasteiger partial charge in [-0.1, -0.05) is 30.3 Å². The minimum atomic E-state index is -0.0811. The summed E-state index contributed by atoms with van der Waals surface area (Å²) in [4.78, 5) is 28.4. The molecule has 0 spiro atoms. The van der Waals surface area contributed by atoms with Crippen LogP contribution >= 0.6 is 0 Å². The first-order valence-electron chi connectivity index (χ1n) is 9.54. The molecule has 3 rings (SSSR count). The van der Waals surface area contributed by atoms with E-state index >= 15 is 0 Å². The number of Topliss-reactive ketones (excluding diaryl/α,β-unsaturated/α-hetero) is 1.